The molecule has 0 fully saturated rings. The molecule has 0 aromatic carbocycles. The zero-order chi connectivity index (χ0) is 12.8. The molecular formula is C10H17NO5. The van der Waals surface area contributed by atoms with Crippen LogP contribution in [0.4, 0.5) is 0 Å². The summed E-state index contributed by atoms with van der Waals surface area (Å²) >= 11 is 0. The Kier molecular flexibility index (Phi) is 5.49. The number of hydrogen-bond donors (Lipinski definition) is 2. The summed E-state index contributed by atoms with van der Waals surface area (Å²) in [7, 11) is 0. The molecule has 0 rings (SSSR count). The molecule has 16 heavy (non-hydrogen) atoms. The third kappa shape index (κ3) is 5.33. The van der Waals surface area contributed by atoms with Crippen LogP contribution in [-0.4, -0.2) is 23.5 Å². The maximum atomic E-state index is 11.0. The SMILES string of the molecule is CC(C)(C)C(CCC(=O)ONC=O)C(=O)O. The Hall–Kier alpha value is -1.59. The van der Waals surface area contributed by atoms with Gasteiger partial charge in [0, 0.05) is 6.42 Å². The Morgan fingerprint density at radius 1 is 1.44 bits per heavy atom. The van der Waals surface area contributed by atoms with E-state index < -0.39 is 23.3 Å². The molecule has 0 aliphatic heterocycles. The molecule has 0 spiro atoms. The van der Waals surface area contributed by atoms with Gasteiger partial charge in [-0.05, 0) is 11.8 Å². The molecule has 0 bridgehead atoms. The number of aliphatic carboxylic acids is 1. The first-order valence-electron chi connectivity index (χ1n) is 4.90. The maximum Gasteiger partial charge on any atom is 0.332 e. The zero-order valence-electron chi connectivity index (χ0n) is 9.65. The molecule has 6 heteroatoms. The minimum absolute atomic E-state index is 0.0466. The third-order valence-electron chi connectivity index (χ3n) is 2.20. The Labute approximate surface area is 93.9 Å². The van der Waals surface area contributed by atoms with Gasteiger partial charge in [0.2, 0.25) is 6.41 Å². The molecule has 0 heterocycles. The van der Waals surface area contributed by atoms with Crippen LogP contribution >= 0.6 is 0 Å². The van der Waals surface area contributed by atoms with Crippen LogP contribution in [-0.2, 0) is 19.2 Å². The molecule has 0 aliphatic carbocycles. The smallest absolute Gasteiger partial charge is 0.332 e. The molecule has 2 N–H and O–H groups in total. The second-order valence-electron chi connectivity index (χ2n) is 4.51. The summed E-state index contributed by atoms with van der Waals surface area (Å²) in [4.78, 5) is 36.1. The third-order valence-corrected chi connectivity index (χ3v) is 2.20. The predicted octanol–water partition coefficient (Wildman–Crippen LogP) is 0.718. The van der Waals surface area contributed by atoms with E-state index >= 15 is 0 Å². The number of carbonyl (C=O) groups excluding carboxylic acids is 2. The number of carbonyl (C=O) groups is 3. The highest BCUT2D eigenvalue weighted by atomic mass is 16.7. The van der Waals surface area contributed by atoms with Gasteiger partial charge >= 0.3 is 11.9 Å². The molecule has 0 saturated heterocycles. The van der Waals surface area contributed by atoms with E-state index in [4.69, 9.17) is 5.11 Å². The van der Waals surface area contributed by atoms with Crippen molar-refractivity contribution in [2.24, 2.45) is 11.3 Å². The van der Waals surface area contributed by atoms with E-state index in [-0.39, 0.29) is 19.3 Å². The molecule has 1 amide bonds. The lowest BCUT2D eigenvalue weighted by Crippen LogP contribution is -2.29. The van der Waals surface area contributed by atoms with Crippen molar-refractivity contribution in [3.8, 4) is 0 Å². The van der Waals surface area contributed by atoms with Crippen molar-refractivity contribution in [1.29, 1.82) is 0 Å². The first-order valence-corrected chi connectivity index (χ1v) is 4.90. The van der Waals surface area contributed by atoms with Crippen molar-refractivity contribution < 1.29 is 24.3 Å². The van der Waals surface area contributed by atoms with Gasteiger partial charge < -0.3 is 9.94 Å². The largest absolute Gasteiger partial charge is 0.481 e. The van der Waals surface area contributed by atoms with E-state index in [1.807, 2.05) is 0 Å². The molecule has 0 radical (unpaired) electrons. The summed E-state index contributed by atoms with van der Waals surface area (Å²) < 4.78 is 0. The molecule has 1 atom stereocenters. The van der Waals surface area contributed by atoms with E-state index in [2.05, 4.69) is 4.84 Å². The van der Waals surface area contributed by atoms with Crippen molar-refractivity contribution in [3.05, 3.63) is 0 Å². The van der Waals surface area contributed by atoms with Gasteiger partial charge in [0.1, 0.15) is 0 Å². The summed E-state index contributed by atoms with van der Waals surface area (Å²) in [6.07, 6.45) is 0.365. The highest BCUT2D eigenvalue weighted by Crippen LogP contribution is 2.29. The maximum absolute atomic E-state index is 11.0. The van der Waals surface area contributed by atoms with Crippen LogP contribution in [0.1, 0.15) is 33.6 Å². The summed E-state index contributed by atoms with van der Waals surface area (Å²) in [5.41, 5.74) is 1.34. The number of amides is 1. The molecule has 0 aliphatic rings. The number of hydroxylamine groups is 1. The van der Waals surface area contributed by atoms with Gasteiger partial charge in [-0.15, -0.1) is 0 Å². The molecule has 1 unspecified atom stereocenters. The lowest BCUT2D eigenvalue weighted by molar-refractivity contribution is -0.155. The Bertz CT molecular complexity index is 269. The second-order valence-corrected chi connectivity index (χ2v) is 4.51. The van der Waals surface area contributed by atoms with Crippen LogP contribution in [0.3, 0.4) is 0 Å². The summed E-state index contributed by atoms with van der Waals surface area (Å²) in [6.45, 7) is 5.38. The lowest BCUT2D eigenvalue weighted by Gasteiger charge is -2.26. The standard InChI is InChI=1S/C10H17NO5/c1-10(2,3)7(9(14)15)4-5-8(13)16-11-6-12/h6-7H,4-5H2,1-3H3,(H,11,12)(H,14,15). The van der Waals surface area contributed by atoms with E-state index in [9.17, 15) is 14.4 Å². The van der Waals surface area contributed by atoms with E-state index in [1.165, 1.54) is 0 Å². The number of carboxylic acids is 1. The number of nitrogens with one attached hydrogen (secondary N) is 1. The molecule has 0 aromatic heterocycles. The number of rotatable bonds is 6. The van der Waals surface area contributed by atoms with Crippen LogP contribution in [0.5, 0.6) is 0 Å². The monoisotopic (exact) mass is 231 g/mol. The predicted molar refractivity (Wildman–Crippen MR) is 55.1 cm³/mol. The first-order chi connectivity index (χ1) is 7.29. The van der Waals surface area contributed by atoms with Crippen molar-refractivity contribution >= 4 is 18.3 Å². The molecule has 6 nitrogen and oxygen atoms in total. The molecular weight excluding hydrogens is 214 g/mol. The quantitative estimate of drug-likeness (QED) is 0.519. The van der Waals surface area contributed by atoms with E-state index in [1.54, 1.807) is 26.3 Å². The van der Waals surface area contributed by atoms with Gasteiger partial charge in [0.25, 0.3) is 0 Å². The van der Waals surface area contributed by atoms with Gasteiger partial charge in [-0.2, -0.15) is 5.48 Å². The Morgan fingerprint density at radius 3 is 2.38 bits per heavy atom. The lowest BCUT2D eigenvalue weighted by atomic mass is 9.78. The minimum atomic E-state index is -0.941. The highest BCUT2D eigenvalue weighted by Gasteiger charge is 2.31. The van der Waals surface area contributed by atoms with Crippen LogP contribution in [0.2, 0.25) is 0 Å². The average Bonchev–Trinajstić information content (AvgIpc) is 2.12. The van der Waals surface area contributed by atoms with Gasteiger partial charge in [-0.1, -0.05) is 20.8 Å². The van der Waals surface area contributed by atoms with Gasteiger partial charge in [0.05, 0.1) is 5.92 Å². The van der Waals surface area contributed by atoms with Gasteiger partial charge in [-0.25, -0.2) is 4.79 Å². The Morgan fingerprint density at radius 2 is 2.00 bits per heavy atom. The van der Waals surface area contributed by atoms with Crippen molar-refractivity contribution in [2.45, 2.75) is 33.6 Å². The van der Waals surface area contributed by atoms with Crippen LogP contribution in [0.15, 0.2) is 0 Å². The normalized spacial score (nSPS) is 12.7. The van der Waals surface area contributed by atoms with Crippen molar-refractivity contribution in [1.82, 2.24) is 5.48 Å². The second kappa shape index (κ2) is 6.09. The topological polar surface area (TPSA) is 92.7 Å². The summed E-state index contributed by atoms with van der Waals surface area (Å²) in [6, 6.07) is 0. The zero-order valence-corrected chi connectivity index (χ0v) is 9.65. The van der Waals surface area contributed by atoms with E-state index in [0.29, 0.717) is 0 Å². The first kappa shape index (κ1) is 14.4. The van der Waals surface area contributed by atoms with Gasteiger partial charge in [-0.3, -0.25) is 9.59 Å². The fourth-order valence-corrected chi connectivity index (χ4v) is 1.33. The summed E-state index contributed by atoms with van der Waals surface area (Å²) in [5, 5.41) is 8.97. The highest BCUT2D eigenvalue weighted by molar-refractivity contribution is 5.74. The number of hydrogen-bond acceptors (Lipinski definition) is 4. The molecule has 0 aromatic rings. The minimum Gasteiger partial charge on any atom is -0.481 e. The summed E-state index contributed by atoms with van der Waals surface area (Å²) in [5.74, 6) is -2.22. The van der Waals surface area contributed by atoms with Crippen LogP contribution < -0.4 is 5.48 Å². The van der Waals surface area contributed by atoms with Crippen molar-refractivity contribution in [3.63, 3.8) is 0 Å². The fraction of sp³-hybridized carbons (Fsp3) is 0.700. The van der Waals surface area contributed by atoms with E-state index in [0.717, 1.165) is 0 Å². The average molecular weight is 231 g/mol. The Balaban J connectivity index is 4.18. The van der Waals surface area contributed by atoms with Gasteiger partial charge in [0.15, 0.2) is 0 Å². The van der Waals surface area contributed by atoms with Crippen LogP contribution in [0, 0.1) is 11.3 Å². The fourth-order valence-electron chi connectivity index (χ4n) is 1.33. The molecule has 92 valence electrons. The van der Waals surface area contributed by atoms with Crippen molar-refractivity contribution in [2.75, 3.05) is 0 Å². The number of carboxylic acid groups (broad SMARTS) is 1. The molecule has 0 saturated carbocycles. The van der Waals surface area contributed by atoms with Crippen LogP contribution in [0.25, 0.3) is 0 Å².